The van der Waals surface area contributed by atoms with Crippen LogP contribution in [0.4, 0.5) is 5.69 Å². The van der Waals surface area contributed by atoms with Crippen LogP contribution in [-0.2, 0) is 6.54 Å². The van der Waals surface area contributed by atoms with Crippen molar-refractivity contribution in [1.82, 2.24) is 20.0 Å². The van der Waals surface area contributed by atoms with E-state index in [1.807, 2.05) is 13.0 Å². The van der Waals surface area contributed by atoms with Crippen molar-refractivity contribution in [2.45, 2.75) is 19.9 Å². The molecule has 0 aliphatic heterocycles. The van der Waals surface area contributed by atoms with Crippen LogP contribution in [0.2, 0.25) is 0 Å². The highest BCUT2D eigenvalue weighted by Crippen LogP contribution is 2.20. The fraction of sp³-hybridized carbons (Fsp3) is 0.167. The van der Waals surface area contributed by atoms with Gasteiger partial charge in [-0.1, -0.05) is 19.1 Å². The molecule has 26 heavy (non-hydrogen) atoms. The number of hydrogen-bond acceptors (Lipinski definition) is 5. The maximum atomic E-state index is 12.4. The number of anilines is 1. The summed E-state index contributed by atoms with van der Waals surface area (Å²) in [6.45, 7) is 2.38. The van der Waals surface area contributed by atoms with Crippen LogP contribution in [0.3, 0.4) is 0 Å². The van der Waals surface area contributed by atoms with Gasteiger partial charge in [0.1, 0.15) is 5.69 Å². The molecule has 132 valence electrons. The second kappa shape index (κ2) is 7.56. The van der Waals surface area contributed by atoms with Crippen LogP contribution in [-0.4, -0.2) is 25.9 Å². The fourth-order valence-electron chi connectivity index (χ4n) is 2.40. The molecule has 1 amide bonds. The summed E-state index contributed by atoms with van der Waals surface area (Å²) >= 11 is 0. The Morgan fingerprint density at radius 1 is 1.15 bits per heavy atom. The summed E-state index contributed by atoms with van der Waals surface area (Å²) < 4.78 is 1.27. The summed E-state index contributed by atoms with van der Waals surface area (Å²) in [7, 11) is 0. The number of aromatic nitrogens is 4. The molecule has 2 N–H and O–H groups in total. The molecule has 1 aromatic carbocycles. The molecule has 2 aromatic heterocycles. The van der Waals surface area contributed by atoms with Gasteiger partial charge in [0.2, 0.25) is 0 Å². The SMILES string of the molecule is CCCn1nc(C(=O)Nc2cccc(-c3ccc(=O)[nH]n3)c2)ccc1=O. The molecule has 0 aliphatic rings. The molecule has 0 saturated carbocycles. The lowest BCUT2D eigenvalue weighted by Gasteiger charge is -2.08. The second-order valence-corrected chi connectivity index (χ2v) is 5.62. The normalized spacial score (nSPS) is 10.5. The average Bonchev–Trinajstić information content (AvgIpc) is 2.64. The Labute approximate surface area is 148 Å². The third kappa shape index (κ3) is 3.92. The van der Waals surface area contributed by atoms with Gasteiger partial charge in [-0.2, -0.15) is 10.2 Å². The molecular formula is C18H17N5O3. The smallest absolute Gasteiger partial charge is 0.276 e. The van der Waals surface area contributed by atoms with Gasteiger partial charge in [0.05, 0.1) is 5.69 Å². The van der Waals surface area contributed by atoms with Gasteiger partial charge in [0, 0.05) is 29.9 Å². The lowest BCUT2D eigenvalue weighted by atomic mass is 10.1. The summed E-state index contributed by atoms with van der Waals surface area (Å²) in [6, 6.07) is 12.8. The molecule has 0 spiro atoms. The zero-order valence-electron chi connectivity index (χ0n) is 14.1. The third-order valence-electron chi connectivity index (χ3n) is 3.63. The minimum atomic E-state index is -0.415. The predicted octanol–water partition coefficient (Wildman–Crippen LogP) is 1.66. The number of carbonyl (C=O) groups excluding carboxylic acids is 1. The van der Waals surface area contributed by atoms with Crippen LogP contribution >= 0.6 is 0 Å². The first kappa shape index (κ1) is 17.3. The number of rotatable bonds is 5. The van der Waals surface area contributed by atoms with E-state index in [9.17, 15) is 14.4 Å². The van der Waals surface area contributed by atoms with E-state index in [4.69, 9.17) is 0 Å². The first-order chi connectivity index (χ1) is 12.6. The summed E-state index contributed by atoms with van der Waals surface area (Å²) in [5.74, 6) is -0.415. The zero-order valence-corrected chi connectivity index (χ0v) is 14.1. The Bertz CT molecular complexity index is 1030. The first-order valence-corrected chi connectivity index (χ1v) is 8.12. The van der Waals surface area contributed by atoms with Crippen LogP contribution in [0, 0.1) is 0 Å². The van der Waals surface area contributed by atoms with E-state index in [2.05, 4.69) is 20.6 Å². The van der Waals surface area contributed by atoms with Crippen LogP contribution in [0.5, 0.6) is 0 Å². The monoisotopic (exact) mass is 351 g/mol. The van der Waals surface area contributed by atoms with Gasteiger partial charge in [0.25, 0.3) is 17.0 Å². The fourth-order valence-corrected chi connectivity index (χ4v) is 2.40. The van der Waals surface area contributed by atoms with Gasteiger partial charge in [-0.25, -0.2) is 9.78 Å². The molecule has 0 saturated heterocycles. The van der Waals surface area contributed by atoms with E-state index in [0.29, 0.717) is 17.9 Å². The largest absolute Gasteiger partial charge is 0.321 e. The summed E-state index contributed by atoms with van der Waals surface area (Å²) in [6.07, 6.45) is 0.742. The molecular weight excluding hydrogens is 334 g/mol. The minimum Gasteiger partial charge on any atom is -0.321 e. The van der Waals surface area contributed by atoms with Crippen molar-refractivity contribution in [3.8, 4) is 11.3 Å². The summed E-state index contributed by atoms with van der Waals surface area (Å²) in [5, 5.41) is 13.2. The number of hydrogen-bond donors (Lipinski definition) is 2. The number of aryl methyl sites for hydroxylation is 1. The van der Waals surface area contributed by atoms with E-state index in [-0.39, 0.29) is 16.8 Å². The summed E-state index contributed by atoms with van der Waals surface area (Å²) in [4.78, 5) is 35.2. The van der Waals surface area contributed by atoms with Gasteiger partial charge in [-0.05, 0) is 30.7 Å². The Balaban J connectivity index is 1.83. The van der Waals surface area contributed by atoms with E-state index in [0.717, 1.165) is 12.0 Å². The molecule has 8 nitrogen and oxygen atoms in total. The van der Waals surface area contributed by atoms with Crippen molar-refractivity contribution in [1.29, 1.82) is 0 Å². The Kier molecular flexibility index (Phi) is 5.02. The number of amides is 1. The molecule has 2 heterocycles. The van der Waals surface area contributed by atoms with Gasteiger partial charge < -0.3 is 5.32 Å². The standard InChI is InChI=1S/C18H17N5O3/c1-2-10-23-17(25)9-7-15(22-23)18(26)19-13-5-3-4-12(11-13)14-6-8-16(24)21-20-14/h3-9,11H,2,10H2,1H3,(H,19,26)(H,21,24). The molecule has 0 radical (unpaired) electrons. The Morgan fingerprint density at radius 2 is 2.00 bits per heavy atom. The number of nitrogens with zero attached hydrogens (tertiary/aromatic N) is 3. The lowest BCUT2D eigenvalue weighted by Crippen LogP contribution is -2.26. The van der Waals surface area contributed by atoms with E-state index in [1.54, 1.807) is 24.3 Å². The molecule has 0 aliphatic carbocycles. The number of aromatic amines is 1. The first-order valence-electron chi connectivity index (χ1n) is 8.12. The Hall–Kier alpha value is -3.55. The highest BCUT2D eigenvalue weighted by Gasteiger charge is 2.11. The van der Waals surface area contributed by atoms with E-state index >= 15 is 0 Å². The van der Waals surface area contributed by atoms with Crippen molar-refractivity contribution < 1.29 is 4.79 Å². The van der Waals surface area contributed by atoms with Gasteiger partial charge in [-0.3, -0.25) is 14.4 Å². The topological polar surface area (TPSA) is 110 Å². The van der Waals surface area contributed by atoms with Crippen LogP contribution in [0.25, 0.3) is 11.3 Å². The maximum absolute atomic E-state index is 12.4. The van der Waals surface area contributed by atoms with Crippen molar-refractivity contribution >= 4 is 11.6 Å². The Morgan fingerprint density at radius 3 is 2.73 bits per heavy atom. The van der Waals surface area contributed by atoms with Crippen molar-refractivity contribution in [3.63, 3.8) is 0 Å². The van der Waals surface area contributed by atoms with Crippen molar-refractivity contribution in [2.24, 2.45) is 0 Å². The van der Waals surface area contributed by atoms with Crippen LogP contribution in [0.1, 0.15) is 23.8 Å². The average molecular weight is 351 g/mol. The van der Waals surface area contributed by atoms with Crippen molar-refractivity contribution in [2.75, 3.05) is 5.32 Å². The number of carbonyl (C=O) groups is 1. The highest BCUT2D eigenvalue weighted by atomic mass is 16.2. The number of nitrogens with one attached hydrogen (secondary N) is 2. The lowest BCUT2D eigenvalue weighted by molar-refractivity contribution is 0.102. The van der Waals surface area contributed by atoms with Crippen LogP contribution in [0.15, 0.2) is 58.1 Å². The van der Waals surface area contributed by atoms with E-state index < -0.39 is 5.91 Å². The molecule has 0 bridgehead atoms. The molecule has 0 unspecified atom stereocenters. The highest BCUT2D eigenvalue weighted by molar-refractivity contribution is 6.02. The molecule has 0 atom stereocenters. The minimum absolute atomic E-state index is 0.158. The summed E-state index contributed by atoms with van der Waals surface area (Å²) in [5.41, 5.74) is 1.50. The van der Waals surface area contributed by atoms with Crippen LogP contribution < -0.4 is 16.4 Å². The van der Waals surface area contributed by atoms with Gasteiger partial charge in [0.15, 0.2) is 0 Å². The molecule has 3 aromatic rings. The van der Waals surface area contributed by atoms with Gasteiger partial charge >= 0.3 is 0 Å². The zero-order chi connectivity index (χ0) is 18.5. The molecule has 0 fully saturated rings. The molecule has 8 heteroatoms. The quantitative estimate of drug-likeness (QED) is 0.726. The third-order valence-corrected chi connectivity index (χ3v) is 3.63. The van der Waals surface area contributed by atoms with E-state index in [1.165, 1.54) is 22.9 Å². The maximum Gasteiger partial charge on any atom is 0.276 e. The van der Waals surface area contributed by atoms with Gasteiger partial charge in [-0.15, -0.1) is 0 Å². The number of H-pyrrole nitrogens is 1. The van der Waals surface area contributed by atoms with Crippen molar-refractivity contribution in [3.05, 3.63) is 74.9 Å². The molecule has 3 rings (SSSR count). The second-order valence-electron chi connectivity index (χ2n) is 5.62. The number of benzene rings is 1. The predicted molar refractivity (Wildman–Crippen MR) is 97.0 cm³/mol.